The van der Waals surface area contributed by atoms with E-state index in [1.807, 2.05) is 17.5 Å². The third-order valence-corrected chi connectivity index (χ3v) is 8.90. The molecular weight excluding hydrogens is 474 g/mol. The second kappa shape index (κ2) is 14.1. The number of carbonyl (C=O) groups excluding carboxylic acids is 2. The number of carbonyl (C=O) groups is 3. The van der Waals surface area contributed by atoms with Gasteiger partial charge in [-0.1, -0.05) is 25.3 Å². The Kier molecular flexibility index (Phi) is 11.2. The van der Waals surface area contributed by atoms with Gasteiger partial charge >= 0.3 is 11.9 Å². The molecule has 2 unspecified atom stereocenters. The van der Waals surface area contributed by atoms with Crippen molar-refractivity contribution in [1.82, 2.24) is 15.5 Å². The van der Waals surface area contributed by atoms with E-state index in [-0.39, 0.29) is 30.3 Å². The number of carboxylic acids is 1. The molecule has 2 aliphatic rings. The number of nitrogens with zero attached hydrogens (tertiary/aromatic N) is 1. The van der Waals surface area contributed by atoms with Crippen LogP contribution in [0.2, 0.25) is 0 Å². The fourth-order valence-electron chi connectivity index (χ4n) is 4.63. The summed E-state index contributed by atoms with van der Waals surface area (Å²) in [6.45, 7) is 4.22. The molecule has 1 aromatic heterocycles. The lowest BCUT2D eigenvalue weighted by Gasteiger charge is -2.27. The maximum Gasteiger partial charge on any atom is 0.323 e. The molecule has 0 saturated carbocycles. The van der Waals surface area contributed by atoms with Crippen LogP contribution in [0, 0.1) is 5.92 Å². The van der Waals surface area contributed by atoms with Crippen molar-refractivity contribution in [3.05, 3.63) is 22.4 Å². The highest BCUT2D eigenvalue weighted by Crippen LogP contribution is 2.35. The number of esters is 1. The number of hydrogen-bond acceptors (Lipinski definition) is 8. The minimum Gasteiger partial charge on any atom is -0.480 e. The smallest absolute Gasteiger partial charge is 0.323 e. The van der Waals surface area contributed by atoms with Gasteiger partial charge in [0.1, 0.15) is 12.6 Å². The Morgan fingerprint density at radius 1 is 1.32 bits per heavy atom. The summed E-state index contributed by atoms with van der Waals surface area (Å²) in [6, 6.07) is 2.77. The maximum absolute atomic E-state index is 13.3. The van der Waals surface area contributed by atoms with E-state index in [4.69, 9.17) is 4.74 Å². The Bertz CT molecular complexity index is 786. The van der Waals surface area contributed by atoms with Gasteiger partial charge < -0.3 is 20.1 Å². The average Bonchev–Trinajstić information content (AvgIpc) is 3.31. The number of thioether (sulfide) groups is 1. The van der Waals surface area contributed by atoms with E-state index < -0.39 is 18.1 Å². The molecule has 2 fully saturated rings. The molecular formula is C24H37N3O5S2. The first-order chi connectivity index (χ1) is 16.5. The molecule has 2 saturated heterocycles. The van der Waals surface area contributed by atoms with E-state index in [0.717, 1.165) is 43.1 Å². The van der Waals surface area contributed by atoms with Gasteiger partial charge in [0.2, 0.25) is 5.91 Å². The molecule has 3 rings (SSSR count). The van der Waals surface area contributed by atoms with Crippen LogP contribution in [-0.2, 0) is 19.1 Å². The normalized spacial score (nSPS) is 22.9. The first-order valence-electron chi connectivity index (χ1n) is 12.3. The Balaban J connectivity index is 1.62. The van der Waals surface area contributed by atoms with Crippen LogP contribution in [0.5, 0.6) is 0 Å². The number of thiophene rings is 1. The van der Waals surface area contributed by atoms with Gasteiger partial charge in [0, 0.05) is 17.2 Å². The summed E-state index contributed by atoms with van der Waals surface area (Å²) in [5.41, 5.74) is 0. The van der Waals surface area contributed by atoms with Gasteiger partial charge in [-0.2, -0.15) is 0 Å². The van der Waals surface area contributed by atoms with Crippen LogP contribution < -0.4 is 10.6 Å². The van der Waals surface area contributed by atoms with Crippen molar-refractivity contribution in [1.29, 1.82) is 0 Å². The van der Waals surface area contributed by atoms with Gasteiger partial charge in [-0.3, -0.25) is 19.7 Å². The topological polar surface area (TPSA) is 108 Å². The fourth-order valence-corrected chi connectivity index (χ4v) is 6.89. The highest BCUT2D eigenvalue weighted by molar-refractivity contribution is 7.99. The lowest BCUT2D eigenvalue weighted by Crippen LogP contribution is -2.53. The van der Waals surface area contributed by atoms with Crippen LogP contribution in [0.25, 0.3) is 0 Å². The lowest BCUT2D eigenvalue weighted by molar-refractivity contribution is -0.148. The first kappa shape index (κ1) is 27.0. The molecule has 0 aliphatic carbocycles. The molecule has 0 radical (unpaired) electrons. The highest BCUT2D eigenvalue weighted by atomic mass is 32.2. The van der Waals surface area contributed by atoms with Crippen LogP contribution in [-0.4, -0.2) is 78.5 Å². The number of unbranched alkanes of at least 4 members (excludes halogenated alkanes) is 1. The molecule has 10 heteroatoms. The molecule has 0 aromatic carbocycles. The van der Waals surface area contributed by atoms with Crippen molar-refractivity contribution >= 4 is 40.9 Å². The van der Waals surface area contributed by atoms with Crippen molar-refractivity contribution in [2.24, 2.45) is 5.92 Å². The zero-order valence-corrected chi connectivity index (χ0v) is 21.5. The molecule has 1 amide bonds. The van der Waals surface area contributed by atoms with E-state index in [2.05, 4.69) is 10.6 Å². The molecule has 0 spiro atoms. The summed E-state index contributed by atoms with van der Waals surface area (Å²) in [5.74, 6) is -0.427. The molecule has 3 N–H and O–H groups in total. The lowest BCUT2D eigenvalue weighted by atomic mass is 9.92. The molecule has 3 atom stereocenters. The summed E-state index contributed by atoms with van der Waals surface area (Å²) < 4.78 is 5.30. The number of ether oxygens (including phenoxy) is 1. The van der Waals surface area contributed by atoms with E-state index in [0.29, 0.717) is 18.7 Å². The third kappa shape index (κ3) is 8.25. The van der Waals surface area contributed by atoms with Crippen molar-refractivity contribution in [2.75, 3.05) is 38.5 Å². The number of hydrogen-bond donors (Lipinski definition) is 3. The zero-order chi connectivity index (χ0) is 24.3. The summed E-state index contributed by atoms with van der Waals surface area (Å²) in [7, 11) is 0. The Morgan fingerprint density at radius 3 is 2.79 bits per heavy atom. The summed E-state index contributed by atoms with van der Waals surface area (Å²) in [4.78, 5) is 40.0. The van der Waals surface area contributed by atoms with Crippen LogP contribution in [0.4, 0.5) is 0 Å². The minimum absolute atomic E-state index is 0.0149. The zero-order valence-electron chi connectivity index (χ0n) is 19.9. The molecule has 1 aromatic rings. The monoisotopic (exact) mass is 511 g/mol. The van der Waals surface area contributed by atoms with Crippen molar-refractivity contribution in [2.45, 2.75) is 62.8 Å². The number of aliphatic carboxylic acids is 1. The molecule has 190 valence electrons. The van der Waals surface area contributed by atoms with Crippen LogP contribution in [0.15, 0.2) is 17.5 Å². The molecule has 8 nitrogen and oxygen atoms in total. The minimum atomic E-state index is -1.04. The highest BCUT2D eigenvalue weighted by Gasteiger charge is 2.36. The summed E-state index contributed by atoms with van der Waals surface area (Å²) >= 11 is 3.24. The SMILES string of the molecule is CCOC(=O)[C@@H](CCCCC1CCNCC1)NC1CSC(c2cccs2)CN(CC(=O)O)C1=O. The van der Waals surface area contributed by atoms with Gasteiger partial charge in [0.15, 0.2) is 0 Å². The third-order valence-electron chi connectivity index (χ3n) is 6.43. The van der Waals surface area contributed by atoms with Gasteiger partial charge in [0.25, 0.3) is 0 Å². The predicted molar refractivity (Wildman–Crippen MR) is 135 cm³/mol. The van der Waals surface area contributed by atoms with Gasteiger partial charge in [-0.15, -0.1) is 23.1 Å². The predicted octanol–water partition coefficient (Wildman–Crippen LogP) is 2.90. The quantitative estimate of drug-likeness (QED) is 0.290. The maximum atomic E-state index is 13.3. The van der Waals surface area contributed by atoms with E-state index in [1.54, 1.807) is 30.0 Å². The van der Waals surface area contributed by atoms with E-state index in [9.17, 15) is 19.5 Å². The molecule has 0 bridgehead atoms. The molecule has 3 heterocycles. The number of amides is 1. The van der Waals surface area contributed by atoms with Crippen molar-refractivity contribution in [3.63, 3.8) is 0 Å². The van der Waals surface area contributed by atoms with Crippen molar-refractivity contribution in [3.8, 4) is 0 Å². The summed E-state index contributed by atoms with van der Waals surface area (Å²) in [5, 5.41) is 18.0. The van der Waals surface area contributed by atoms with Gasteiger partial charge in [0.05, 0.1) is 17.9 Å². The van der Waals surface area contributed by atoms with Crippen LogP contribution in [0.3, 0.4) is 0 Å². The number of carboxylic acid groups (broad SMARTS) is 1. The summed E-state index contributed by atoms with van der Waals surface area (Å²) in [6.07, 6.45) is 6.10. The number of nitrogens with one attached hydrogen (secondary N) is 2. The second-order valence-electron chi connectivity index (χ2n) is 8.95. The molecule has 2 aliphatic heterocycles. The van der Waals surface area contributed by atoms with E-state index in [1.165, 1.54) is 17.7 Å². The fraction of sp³-hybridized carbons (Fsp3) is 0.708. The van der Waals surface area contributed by atoms with Crippen molar-refractivity contribution < 1.29 is 24.2 Å². The Hall–Kier alpha value is -1.62. The average molecular weight is 512 g/mol. The number of piperidine rings is 1. The van der Waals surface area contributed by atoms with Crippen LogP contribution >= 0.6 is 23.1 Å². The Labute approximate surface area is 210 Å². The number of rotatable bonds is 12. The van der Waals surface area contributed by atoms with Gasteiger partial charge in [-0.25, -0.2) is 0 Å². The molecule has 34 heavy (non-hydrogen) atoms. The second-order valence-corrected chi connectivity index (χ2v) is 11.2. The standard InChI is InChI=1S/C24H37N3O5S2/c1-2-32-24(31)18(7-4-3-6-17-9-11-25-12-10-17)26-19-16-34-21(20-8-5-13-33-20)14-27(23(19)30)15-22(28)29/h5,8,13,17-19,21,25-26H,2-4,6-7,9-12,14-16H2,1H3,(H,28,29)/t18-,19?,21?/m1/s1. The van der Waals surface area contributed by atoms with Gasteiger partial charge in [-0.05, 0) is 56.6 Å². The largest absolute Gasteiger partial charge is 0.480 e. The van der Waals surface area contributed by atoms with E-state index >= 15 is 0 Å². The first-order valence-corrected chi connectivity index (χ1v) is 14.2. The Morgan fingerprint density at radius 2 is 2.12 bits per heavy atom. The van der Waals surface area contributed by atoms with Crippen LogP contribution in [0.1, 0.15) is 55.6 Å².